The molecule has 18 heavy (non-hydrogen) atoms. The van der Waals surface area contributed by atoms with Gasteiger partial charge < -0.3 is 0 Å². The van der Waals surface area contributed by atoms with Gasteiger partial charge in [-0.05, 0) is 0 Å². The van der Waals surface area contributed by atoms with Crippen LogP contribution in [-0.2, 0) is 11.3 Å². The standard InChI is InChI=1S/C14H14NO2.Sn/c1-2-6-13(7-3-1)12-16-10-11-17-14-8-4-5-9-15-14;/h1-8H,10-12H2;. The van der Waals surface area contributed by atoms with Crippen molar-refractivity contribution >= 4 is 26.2 Å². The van der Waals surface area contributed by atoms with Crippen molar-refractivity contribution in [3.63, 3.8) is 0 Å². The number of rotatable bonds is 6. The molecule has 0 atom stereocenters. The van der Waals surface area contributed by atoms with E-state index in [1.807, 2.05) is 48.5 Å². The van der Waals surface area contributed by atoms with Gasteiger partial charge in [0.15, 0.2) is 0 Å². The molecule has 0 saturated heterocycles. The molecule has 2 aromatic rings. The molecule has 91 valence electrons. The number of nitrogens with zero attached hydrogens (tertiary/aromatic N) is 1. The van der Waals surface area contributed by atoms with E-state index < -0.39 is 0 Å². The van der Waals surface area contributed by atoms with Crippen molar-refractivity contribution in [3.8, 4) is 5.88 Å². The second-order valence-corrected chi connectivity index (χ2v) is 5.21. The summed E-state index contributed by atoms with van der Waals surface area (Å²) in [6.07, 6.45) is 0. The van der Waals surface area contributed by atoms with Crippen LogP contribution in [0.1, 0.15) is 5.56 Å². The number of pyridine rings is 1. The van der Waals surface area contributed by atoms with Gasteiger partial charge in [-0.15, -0.1) is 0 Å². The Labute approximate surface area is 120 Å². The summed E-state index contributed by atoms with van der Waals surface area (Å²) in [6, 6.07) is 15.9. The molecule has 0 aliphatic carbocycles. The van der Waals surface area contributed by atoms with Gasteiger partial charge in [-0.2, -0.15) is 0 Å². The van der Waals surface area contributed by atoms with E-state index >= 15 is 0 Å². The second-order valence-electron chi connectivity index (χ2n) is 3.75. The van der Waals surface area contributed by atoms with Crippen molar-refractivity contribution in [1.82, 2.24) is 4.98 Å². The molecule has 1 heterocycles. The third-order valence-electron chi connectivity index (χ3n) is 2.31. The van der Waals surface area contributed by atoms with Crippen molar-refractivity contribution in [2.75, 3.05) is 13.2 Å². The monoisotopic (exact) mass is 348 g/mol. The first-order chi connectivity index (χ1) is 8.84. The number of hydrogen-bond donors (Lipinski definition) is 0. The molecule has 0 amide bonds. The Hall–Kier alpha value is -1.07. The van der Waals surface area contributed by atoms with E-state index in [9.17, 15) is 0 Å². The number of ether oxygens (including phenoxy) is 2. The van der Waals surface area contributed by atoms with E-state index in [4.69, 9.17) is 9.47 Å². The zero-order valence-corrected chi connectivity index (χ0v) is 12.9. The van der Waals surface area contributed by atoms with E-state index in [-0.39, 0.29) is 0 Å². The molecule has 3 nitrogen and oxygen atoms in total. The van der Waals surface area contributed by atoms with E-state index in [2.05, 4.69) is 4.98 Å². The maximum atomic E-state index is 5.52. The molecule has 2 rings (SSSR count). The van der Waals surface area contributed by atoms with Crippen molar-refractivity contribution in [2.24, 2.45) is 0 Å². The van der Waals surface area contributed by atoms with Crippen LogP contribution in [0.3, 0.4) is 0 Å². The quantitative estimate of drug-likeness (QED) is 0.586. The van der Waals surface area contributed by atoms with Gasteiger partial charge in [0.05, 0.1) is 0 Å². The Morgan fingerprint density at radius 3 is 2.56 bits per heavy atom. The zero-order chi connectivity index (χ0) is 12.6. The van der Waals surface area contributed by atoms with E-state index in [0.29, 0.717) is 25.7 Å². The van der Waals surface area contributed by atoms with Crippen LogP contribution < -0.4 is 8.45 Å². The molecule has 0 bridgehead atoms. The number of hydrogen-bond acceptors (Lipinski definition) is 3. The van der Waals surface area contributed by atoms with Crippen LogP contribution in [-0.4, -0.2) is 40.7 Å². The fourth-order valence-electron chi connectivity index (χ4n) is 1.46. The summed E-state index contributed by atoms with van der Waals surface area (Å²) in [7, 11) is 0. The van der Waals surface area contributed by atoms with Crippen molar-refractivity contribution in [2.45, 2.75) is 6.61 Å². The Balaban J connectivity index is 1.65. The topological polar surface area (TPSA) is 31.4 Å². The van der Waals surface area contributed by atoms with Crippen LogP contribution in [0.25, 0.3) is 0 Å². The molecule has 0 fully saturated rings. The summed E-state index contributed by atoms with van der Waals surface area (Å²) >= 11 is 1.30. The minimum atomic E-state index is 0.527. The predicted octanol–water partition coefficient (Wildman–Crippen LogP) is 1.47. The molecule has 1 aromatic carbocycles. The molecular formula is C14H14NO2Sn. The maximum absolute atomic E-state index is 5.52. The van der Waals surface area contributed by atoms with E-state index in [1.54, 1.807) is 0 Å². The fourth-order valence-corrected chi connectivity index (χ4v) is 2.05. The Morgan fingerprint density at radius 1 is 0.944 bits per heavy atom. The SMILES string of the molecule is [Sn][c]1cccc(OCCOCc2ccccc2)n1. The predicted molar refractivity (Wildman–Crippen MR) is 71.2 cm³/mol. The average Bonchev–Trinajstić information content (AvgIpc) is 2.40. The first-order valence-corrected chi connectivity index (χ1v) is 7.20. The number of benzene rings is 1. The van der Waals surface area contributed by atoms with Gasteiger partial charge >= 0.3 is 120 Å². The molecule has 0 aliphatic rings. The van der Waals surface area contributed by atoms with Crippen LogP contribution >= 0.6 is 0 Å². The first kappa shape index (κ1) is 13.4. The molecule has 0 aliphatic heterocycles. The minimum absolute atomic E-state index is 0.527. The van der Waals surface area contributed by atoms with Crippen LogP contribution in [0.2, 0.25) is 0 Å². The Kier molecular flexibility index (Phi) is 5.48. The molecule has 3 radical (unpaired) electrons. The van der Waals surface area contributed by atoms with Crippen LogP contribution in [0.5, 0.6) is 5.88 Å². The van der Waals surface area contributed by atoms with Crippen molar-refractivity contribution < 1.29 is 9.47 Å². The normalized spacial score (nSPS) is 10.3. The Morgan fingerprint density at radius 2 is 1.78 bits per heavy atom. The zero-order valence-electron chi connectivity index (χ0n) is 10.0. The van der Waals surface area contributed by atoms with E-state index in [1.165, 1.54) is 28.1 Å². The van der Waals surface area contributed by atoms with Gasteiger partial charge in [-0.25, -0.2) is 0 Å². The van der Waals surface area contributed by atoms with Gasteiger partial charge in [0.2, 0.25) is 0 Å². The molecular weight excluding hydrogens is 333 g/mol. The molecule has 4 heteroatoms. The summed E-state index contributed by atoms with van der Waals surface area (Å²) in [6.45, 7) is 1.72. The molecule has 0 saturated carbocycles. The van der Waals surface area contributed by atoms with Gasteiger partial charge in [0.25, 0.3) is 0 Å². The van der Waals surface area contributed by atoms with Gasteiger partial charge in [-0.1, -0.05) is 0 Å². The second kappa shape index (κ2) is 7.38. The third-order valence-corrected chi connectivity index (χ3v) is 3.11. The molecule has 0 N–H and O–H groups in total. The summed E-state index contributed by atoms with van der Waals surface area (Å²) < 4.78 is 12.1. The number of aromatic nitrogens is 1. The average molecular weight is 347 g/mol. The molecule has 0 unspecified atom stereocenters. The van der Waals surface area contributed by atoms with Gasteiger partial charge in [0, 0.05) is 0 Å². The summed E-state index contributed by atoms with van der Waals surface area (Å²) in [5.74, 6) is 0.674. The van der Waals surface area contributed by atoms with Gasteiger partial charge in [-0.3, -0.25) is 0 Å². The summed E-state index contributed by atoms with van der Waals surface area (Å²) in [5, 5.41) is 0. The van der Waals surface area contributed by atoms with Crippen molar-refractivity contribution in [1.29, 1.82) is 0 Å². The van der Waals surface area contributed by atoms with E-state index in [0.717, 1.165) is 3.71 Å². The Bertz CT molecular complexity index is 476. The van der Waals surface area contributed by atoms with Crippen LogP contribution in [0, 0.1) is 0 Å². The fraction of sp³-hybridized carbons (Fsp3) is 0.214. The van der Waals surface area contributed by atoms with Crippen LogP contribution in [0.4, 0.5) is 0 Å². The summed E-state index contributed by atoms with van der Waals surface area (Å²) in [5.41, 5.74) is 1.18. The summed E-state index contributed by atoms with van der Waals surface area (Å²) in [4.78, 5) is 4.29. The van der Waals surface area contributed by atoms with Gasteiger partial charge in [0.1, 0.15) is 0 Å². The van der Waals surface area contributed by atoms with Crippen molar-refractivity contribution in [3.05, 3.63) is 54.1 Å². The molecule has 1 aromatic heterocycles. The van der Waals surface area contributed by atoms with Crippen LogP contribution in [0.15, 0.2) is 48.5 Å². The molecule has 0 spiro atoms. The third kappa shape index (κ3) is 4.66. The first-order valence-electron chi connectivity index (χ1n) is 5.78.